The summed E-state index contributed by atoms with van der Waals surface area (Å²) in [7, 11) is 0. The molecule has 0 saturated carbocycles. The van der Waals surface area contributed by atoms with Crippen LogP contribution in [0.4, 0.5) is 23.7 Å². The minimum absolute atomic E-state index is 0.0661. The molecule has 2 rings (SSSR count). The molecule has 138 valence electrons. The minimum Gasteiger partial charge on any atom is -0.306 e. The van der Waals surface area contributed by atoms with E-state index in [0.717, 1.165) is 6.20 Å². The second-order valence-corrected chi connectivity index (χ2v) is 6.23. The number of hydrogen-bond acceptors (Lipinski definition) is 4. The van der Waals surface area contributed by atoms with Crippen LogP contribution < -0.4 is 4.90 Å². The molecule has 1 aromatic rings. The normalized spacial score (nSPS) is 17.3. The fourth-order valence-corrected chi connectivity index (χ4v) is 2.62. The molecule has 2 heterocycles. The van der Waals surface area contributed by atoms with Crippen molar-refractivity contribution in [2.75, 3.05) is 17.3 Å². The Morgan fingerprint density at radius 2 is 2.00 bits per heavy atom. The molecule has 1 fully saturated rings. The molecule has 10 heteroatoms. The van der Waals surface area contributed by atoms with Gasteiger partial charge in [0, 0.05) is 12.4 Å². The molecular weight excluding hydrogens is 373 g/mol. The fraction of sp³-hybridized carbons (Fsp3) is 0.375. The van der Waals surface area contributed by atoms with E-state index in [-0.39, 0.29) is 18.1 Å². The lowest BCUT2D eigenvalue weighted by Gasteiger charge is -2.26. The summed E-state index contributed by atoms with van der Waals surface area (Å²) in [5.74, 6) is -0.476. The van der Waals surface area contributed by atoms with Crippen LogP contribution in [-0.2, 0) is 11.0 Å². The van der Waals surface area contributed by atoms with Crippen molar-refractivity contribution in [3.63, 3.8) is 0 Å². The molecule has 1 aliphatic rings. The van der Waals surface area contributed by atoms with Gasteiger partial charge in [0.25, 0.3) is 5.91 Å². The number of pyridine rings is 1. The Morgan fingerprint density at radius 1 is 1.35 bits per heavy atom. The molecule has 1 saturated heterocycles. The Hall–Kier alpha value is -2.60. The zero-order valence-corrected chi connectivity index (χ0v) is 14.6. The van der Waals surface area contributed by atoms with E-state index in [4.69, 9.17) is 16.9 Å². The Bertz CT molecular complexity index is 815. The Morgan fingerprint density at radius 3 is 2.54 bits per heavy atom. The maximum absolute atomic E-state index is 13.1. The van der Waals surface area contributed by atoms with Gasteiger partial charge in [0.15, 0.2) is 5.69 Å². The number of alkyl halides is 4. The molecule has 6 nitrogen and oxygen atoms in total. The number of amides is 3. The number of nitrogens with zero attached hydrogens (tertiary/aromatic N) is 4. The van der Waals surface area contributed by atoms with Crippen LogP contribution in [0.2, 0.25) is 0 Å². The van der Waals surface area contributed by atoms with E-state index in [1.54, 1.807) is 12.2 Å². The van der Waals surface area contributed by atoms with Gasteiger partial charge in [-0.15, -0.1) is 11.6 Å². The summed E-state index contributed by atoms with van der Waals surface area (Å²) in [5.41, 5.74) is -3.75. The van der Waals surface area contributed by atoms with Crippen molar-refractivity contribution in [2.24, 2.45) is 0 Å². The molecule has 1 aliphatic heterocycles. The van der Waals surface area contributed by atoms with E-state index < -0.39 is 34.9 Å². The SMILES string of the molecule is CC1(C)C(=O)N(c2cnc(C#N)c(C(F)(F)F)c2)C(=O)N1C/C=C\CCl. The first-order chi connectivity index (χ1) is 12.1. The molecule has 1 aromatic heterocycles. The van der Waals surface area contributed by atoms with Gasteiger partial charge in [0.1, 0.15) is 11.6 Å². The monoisotopic (exact) mass is 386 g/mol. The number of rotatable bonds is 4. The van der Waals surface area contributed by atoms with E-state index in [0.29, 0.717) is 11.0 Å². The lowest BCUT2D eigenvalue weighted by Crippen LogP contribution is -2.44. The van der Waals surface area contributed by atoms with Crippen molar-refractivity contribution in [3.8, 4) is 6.07 Å². The van der Waals surface area contributed by atoms with Crippen LogP contribution in [0, 0.1) is 11.3 Å². The van der Waals surface area contributed by atoms with Crippen molar-refractivity contribution in [3.05, 3.63) is 35.7 Å². The summed E-state index contributed by atoms with van der Waals surface area (Å²) >= 11 is 5.53. The van der Waals surface area contributed by atoms with Crippen LogP contribution in [-0.4, -0.2) is 39.8 Å². The van der Waals surface area contributed by atoms with E-state index >= 15 is 0 Å². The number of imide groups is 1. The molecule has 0 radical (unpaired) electrons. The topological polar surface area (TPSA) is 77.3 Å². The molecule has 0 aromatic carbocycles. The predicted molar refractivity (Wildman–Crippen MR) is 87.5 cm³/mol. The van der Waals surface area contributed by atoms with Crippen molar-refractivity contribution in [2.45, 2.75) is 25.6 Å². The van der Waals surface area contributed by atoms with E-state index in [9.17, 15) is 22.8 Å². The summed E-state index contributed by atoms with van der Waals surface area (Å²) in [4.78, 5) is 30.6. The highest BCUT2D eigenvalue weighted by molar-refractivity contribution is 6.23. The first-order valence-electron chi connectivity index (χ1n) is 7.40. The number of carbonyl (C=O) groups excluding carboxylic acids is 2. The van der Waals surface area contributed by atoms with Gasteiger partial charge in [0.05, 0.1) is 17.4 Å². The zero-order valence-electron chi connectivity index (χ0n) is 13.8. The molecule has 0 atom stereocenters. The van der Waals surface area contributed by atoms with Crippen LogP contribution in [0.5, 0.6) is 0 Å². The third kappa shape index (κ3) is 3.37. The highest BCUT2D eigenvalue weighted by atomic mass is 35.5. The molecule has 0 bridgehead atoms. The molecule has 0 spiro atoms. The highest BCUT2D eigenvalue weighted by Crippen LogP contribution is 2.36. The number of aromatic nitrogens is 1. The first-order valence-corrected chi connectivity index (χ1v) is 7.93. The van der Waals surface area contributed by atoms with E-state index in [1.807, 2.05) is 0 Å². The summed E-state index contributed by atoms with van der Waals surface area (Å²) in [5, 5.41) is 8.80. The predicted octanol–water partition coefficient (Wildman–Crippen LogP) is 3.31. The Kier molecular flexibility index (Phi) is 5.28. The molecule has 0 unspecified atom stereocenters. The third-order valence-corrected chi connectivity index (χ3v) is 4.09. The number of halogens is 4. The summed E-state index contributed by atoms with van der Waals surface area (Å²) in [6.07, 6.45) is -0.777. The molecule has 0 aliphatic carbocycles. The first kappa shape index (κ1) is 19.7. The average Bonchev–Trinajstić information content (AvgIpc) is 2.73. The van der Waals surface area contributed by atoms with Gasteiger partial charge in [-0.1, -0.05) is 12.2 Å². The number of anilines is 1. The maximum Gasteiger partial charge on any atom is 0.419 e. The van der Waals surface area contributed by atoms with E-state index in [1.165, 1.54) is 24.8 Å². The average molecular weight is 387 g/mol. The zero-order chi connectivity index (χ0) is 19.7. The second kappa shape index (κ2) is 6.96. The third-order valence-electron chi connectivity index (χ3n) is 3.91. The number of urea groups is 1. The number of hydrogen-bond donors (Lipinski definition) is 0. The lowest BCUT2D eigenvalue weighted by molar-refractivity contribution is -0.138. The number of allylic oxidation sites excluding steroid dienone is 1. The van der Waals surface area contributed by atoms with Crippen LogP contribution in [0.15, 0.2) is 24.4 Å². The van der Waals surface area contributed by atoms with Gasteiger partial charge < -0.3 is 4.90 Å². The van der Waals surface area contributed by atoms with Crippen LogP contribution >= 0.6 is 11.6 Å². The molecular formula is C16H14ClF3N4O2. The van der Waals surface area contributed by atoms with E-state index in [2.05, 4.69) is 4.98 Å². The summed E-state index contributed by atoms with van der Waals surface area (Å²) in [6.45, 7) is 3.05. The van der Waals surface area contributed by atoms with Gasteiger partial charge in [-0.25, -0.2) is 14.7 Å². The Balaban J connectivity index is 2.49. The highest BCUT2D eigenvalue weighted by Gasteiger charge is 2.51. The number of carbonyl (C=O) groups is 2. The minimum atomic E-state index is -4.85. The summed E-state index contributed by atoms with van der Waals surface area (Å²) in [6, 6.07) is 1.15. The van der Waals surface area contributed by atoms with Gasteiger partial charge in [-0.05, 0) is 19.9 Å². The van der Waals surface area contributed by atoms with Crippen LogP contribution in [0.1, 0.15) is 25.1 Å². The summed E-state index contributed by atoms with van der Waals surface area (Å²) < 4.78 is 39.4. The van der Waals surface area contributed by atoms with Crippen molar-refractivity contribution in [1.29, 1.82) is 5.26 Å². The quantitative estimate of drug-likeness (QED) is 0.452. The Labute approximate surface area is 152 Å². The van der Waals surface area contributed by atoms with Crippen molar-refractivity contribution >= 4 is 29.2 Å². The van der Waals surface area contributed by atoms with Crippen LogP contribution in [0.25, 0.3) is 0 Å². The standard InChI is InChI=1S/C16H14ClF3N4O2/c1-15(2)13(25)24(14(26)23(15)6-4-3-5-17)10-7-11(16(18,19)20)12(8-21)22-9-10/h3-4,7,9H,5-6H2,1-2H3/b4-3-. The molecule has 0 N–H and O–H groups in total. The maximum atomic E-state index is 13.1. The fourth-order valence-electron chi connectivity index (χ4n) is 2.49. The van der Waals surface area contributed by atoms with Crippen LogP contribution in [0.3, 0.4) is 0 Å². The molecule has 26 heavy (non-hydrogen) atoms. The van der Waals surface area contributed by atoms with Gasteiger partial charge in [-0.3, -0.25) is 4.79 Å². The van der Waals surface area contributed by atoms with Crippen molar-refractivity contribution < 1.29 is 22.8 Å². The number of nitriles is 1. The van der Waals surface area contributed by atoms with Gasteiger partial charge in [0.2, 0.25) is 0 Å². The molecule has 3 amide bonds. The van der Waals surface area contributed by atoms with Gasteiger partial charge in [-0.2, -0.15) is 18.4 Å². The lowest BCUT2D eigenvalue weighted by atomic mass is 10.0. The largest absolute Gasteiger partial charge is 0.419 e. The second-order valence-electron chi connectivity index (χ2n) is 5.92. The smallest absolute Gasteiger partial charge is 0.306 e. The van der Waals surface area contributed by atoms with Gasteiger partial charge >= 0.3 is 12.2 Å². The van der Waals surface area contributed by atoms with Crippen molar-refractivity contribution in [1.82, 2.24) is 9.88 Å².